The molecule has 0 saturated carbocycles. The first-order valence-corrected chi connectivity index (χ1v) is 11.0. The second kappa shape index (κ2) is 8.94. The number of hydrogen-bond donors (Lipinski definition) is 1. The number of amides is 2. The van der Waals surface area contributed by atoms with Gasteiger partial charge in [-0.1, -0.05) is 56.3 Å². The van der Waals surface area contributed by atoms with Crippen LogP contribution in [0.25, 0.3) is 5.57 Å². The topological polar surface area (TPSA) is 58.6 Å². The molecule has 0 fully saturated rings. The third-order valence-corrected chi connectivity index (χ3v) is 5.93. The van der Waals surface area contributed by atoms with E-state index in [4.69, 9.17) is 4.74 Å². The number of methoxy groups -OCH3 is 1. The molecule has 4 rings (SSSR count). The Morgan fingerprint density at radius 2 is 1.58 bits per heavy atom. The molecule has 0 radical (unpaired) electrons. The van der Waals surface area contributed by atoms with Gasteiger partial charge in [0.2, 0.25) is 0 Å². The predicted octanol–water partition coefficient (Wildman–Crippen LogP) is 5.83. The molecule has 2 amide bonds. The highest BCUT2D eigenvalue weighted by Crippen LogP contribution is 2.38. The largest absolute Gasteiger partial charge is 0.496 e. The maximum Gasteiger partial charge on any atom is 0.282 e. The van der Waals surface area contributed by atoms with Crippen molar-refractivity contribution in [2.24, 2.45) is 0 Å². The van der Waals surface area contributed by atoms with Gasteiger partial charge in [-0.15, -0.1) is 0 Å². The summed E-state index contributed by atoms with van der Waals surface area (Å²) < 4.78 is 5.52. The normalized spacial score (nSPS) is 13.8. The van der Waals surface area contributed by atoms with E-state index in [0.29, 0.717) is 28.5 Å². The molecule has 1 heterocycles. The van der Waals surface area contributed by atoms with E-state index in [1.807, 2.05) is 68.4 Å². The number of aryl methyl sites for hydroxylation is 2. The lowest BCUT2D eigenvalue weighted by molar-refractivity contribution is -0.120. The summed E-state index contributed by atoms with van der Waals surface area (Å²) in [5, 5.41) is 3.27. The van der Waals surface area contributed by atoms with Crippen LogP contribution < -0.4 is 15.0 Å². The third kappa shape index (κ3) is 4.14. The van der Waals surface area contributed by atoms with Crippen molar-refractivity contribution in [1.29, 1.82) is 0 Å². The summed E-state index contributed by atoms with van der Waals surface area (Å²) in [7, 11) is 1.56. The van der Waals surface area contributed by atoms with Gasteiger partial charge in [0, 0.05) is 11.3 Å². The minimum Gasteiger partial charge on any atom is -0.496 e. The van der Waals surface area contributed by atoms with Crippen LogP contribution in [-0.2, 0) is 9.59 Å². The van der Waals surface area contributed by atoms with Gasteiger partial charge >= 0.3 is 0 Å². The molecule has 0 atom stereocenters. The van der Waals surface area contributed by atoms with E-state index in [-0.39, 0.29) is 17.5 Å². The summed E-state index contributed by atoms with van der Waals surface area (Å²) in [6, 6.07) is 20.8. The van der Waals surface area contributed by atoms with E-state index in [2.05, 4.69) is 19.2 Å². The first-order chi connectivity index (χ1) is 15.8. The number of para-hydroxylation sites is 1. The first kappa shape index (κ1) is 22.3. The number of anilines is 2. The van der Waals surface area contributed by atoms with Crippen molar-refractivity contribution in [3.8, 4) is 5.75 Å². The zero-order valence-electron chi connectivity index (χ0n) is 19.6. The fourth-order valence-corrected chi connectivity index (χ4v) is 3.99. The van der Waals surface area contributed by atoms with Crippen LogP contribution in [0.3, 0.4) is 0 Å². The van der Waals surface area contributed by atoms with Crippen molar-refractivity contribution >= 4 is 28.8 Å². The molecule has 5 nitrogen and oxygen atoms in total. The summed E-state index contributed by atoms with van der Waals surface area (Å²) in [6.07, 6.45) is 0. The van der Waals surface area contributed by atoms with E-state index in [9.17, 15) is 9.59 Å². The Labute approximate surface area is 194 Å². The Balaban J connectivity index is 1.85. The molecule has 1 N–H and O–H groups in total. The maximum atomic E-state index is 13.7. The quantitative estimate of drug-likeness (QED) is 0.490. The highest BCUT2D eigenvalue weighted by molar-refractivity contribution is 6.46. The van der Waals surface area contributed by atoms with Gasteiger partial charge in [-0.2, -0.15) is 0 Å². The zero-order valence-corrected chi connectivity index (χ0v) is 19.6. The molecule has 0 aliphatic carbocycles. The highest BCUT2D eigenvalue weighted by atomic mass is 16.5. The molecule has 3 aromatic rings. The van der Waals surface area contributed by atoms with Gasteiger partial charge in [-0.3, -0.25) is 9.59 Å². The number of benzene rings is 3. The minimum absolute atomic E-state index is 0.242. The number of ether oxygens (including phenoxy) is 1. The second-order valence-corrected chi connectivity index (χ2v) is 8.59. The smallest absolute Gasteiger partial charge is 0.282 e. The lowest BCUT2D eigenvalue weighted by Crippen LogP contribution is -2.32. The summed E-state index contributed by atoms with van der Waals surface area (Å²) in [4.78, 5) is 28.6. The number of carbonyl (C=O) groups excluding carboxylic acids is 2. The summed E-state index contributed by atoms with van der Waals surface area (Å²) in [5.74, 6) is 0.118. The Kier molecular flexibility index (Phi) is 6.05. The van der Waals surface area contributed by atoms with Crippen molar-refractivity contribution in [3.05, 3.63) is 94.7 Å². The number of rotatable bonds is 6. The van der Waals surface area contributed by atoms with E-state index in [1.54, 1.807) is 19.2 Å². The number of imide groups is 1. The average Bonchev–Trinajstić information content (AvgIpc) is 3.05. The Morgan fingerprint density at radius 1 is 0.879 bits per heavy atom. The van der Waals surface area contributed by atoms with Crippen LogP contribution in [0, 0.1) is 13.8 Å². The fraction of sp³-hybridized carbons (Fsp3) is 0.214. The van der Waals surface area contributed by atoms with Gasteiger partial charge in [0.25, 0.3) is 11.8 Å². The lowest BCUT2D eigenvalue weighted by atomic mass is 10.0. The molecular formula is C28H28N2O3. The van der Waals surface area contributed by atoms with Crippen molar-refractivity contribution in [2.45, 2.75) is 33.6 Å². The minimum atomic E-state index is -0.390. The van der Waals surface area contributed by atoms with Crippen LogP contribution in [0.5, 0.6) is 5.75 Å². The van der Waals surface area contributed by atoms with Gasteiger partial charge in [0.05, 0.1) is 18.4 Å². The van der Waals surface area contributed by atoms with Crippen molar-refractivity contribution < 1.29 is 14.3 Å². The Bertz CT molecular complexity index is 1260. The summed E-state index contributed by atoms with van der Waals surface area (Å²) in [5.41, 5.74) is 5.62. The number of carbonyl (C=O) groups is 2. The average molecular weight is 441 g/mol. The van der Waals surface area contributed by atoms with Crippen molar-refractivity contribution in [1.82, 2.24) is 0 Å². The van der Waals surface area contributed by atoms with Gasteiger partial charge in [-0.25, -0.2) is 4.90 Å². The van der Waals surface area contributed by atoms with Crippen LogP contribution in [0.1, 0.15) is 42.0 Å². The summed E-state index contributed by atoms with van der Waals surface area (Å²) >= 11 is 0. The predicted molar refractivity (Wildman–Crippen MR) is 132 cm³/mol. The van der Waals surface area contributed by atoms with Crippen LogP contribution in [0.4, 0.5) is 11.4 Å². The second-order valence-electron chi connectivity index (χ2n) is 8.59. The van der Waals surface area contributed by atoms with Gasteiger partial charge in [0.1, 0.15) is 11.4 Å². The maximum absolute atomic E-state index is 13.7. The zero-order chi connectivity index (χ0) is 23.7. The molecule has 0 saturated heterocycles. The molecule has 33 heavy (non-hydrogen) atoms. The SMILES string of the molecule is COc1ccccc1C1=C(Nc2cc(C)ccc2C)C(=O)N(c2ccc(C(C)C)cc2)C1=O. The van der Waals surface area contributed by atoms with Crippen molar-refractivity contribution in [2.75, 3.05) is 17.3 Å². The molecule has 0 unspecified atom stereocenters. The van der Waals surface area contributed by atoms with Crippen LogP contribution in [-0.4, -0.2) is 18.9 Å². The third-order valence-electron chi connectivity index (χ3n) is 5.93. The van der Waals surface area contributed by atoms with Gasteiger partial charge in [-0.05, 0) is 60.7 Å². The van der Waals surface area contributed by atoms with Crippen LogP contribution >= 0.6 is 0 Å². The Morgan fingerprint density at radius 3 is 2.24 bits per heavy atom. The molecule has 0 aromatic heterocycles. The molecule has 0 spiro atoms. The first-order valence-electron chi connectivity index (χ1n) is 11.0. The van der Waals surface area contributed by atoms with E-state index in [0.717, 1.165) is 22.4 Å². The lowest BCUT2D eigenvalue weighted by Gasteiger charge is -2.17. The summed E-state index contributed by atoms with van der Waals surface area (Å²) in [6.45, 7) is 8.17. The van der Waals surface area contributed by atoms with Crippen LogP contribution in [0.2, 0.25) is 0 Å². The Hall–Kier alpha value is -3.86. The van der Waals surface area contributed by atoms with Gasteiger partial charge < -0.3 is 10.1 Å². The van der Waals surface area contributed by atoms with E-state index >= 15 is 0 Å². The molecule has 1 aliphatic rings. The highest BCUT2D eigenvalue weighted by Gasteiger charge is 2.41. The van der Waals surface area contributed by atoms with Gasteiger partial charge in [0.15, 0.2) is 0 Å². The monoisotopic (exact) mass is 440 g/mol. The molecule has 3 aromatic carbocycles. The standard InChI is InChI=1S/C28H28N2O3/c1-17(2)20-12-14-21(15-13-20)30-27(31)25(22-8-6-7-9-24(22)33-5)26(28(30)32)29-23-16-18(3)10-11-19(23)4/h6-17,29H,1-5H3. The fourth-order valence-electron chi connectivity index (χ4n) is 3.99. The molecule has 0 bridgehead atoms. The van der Waals surface area contributed by atoms with E-state index in [1.165, 1.54) is 4.90 Å². The molecule has 5 heteroatoms. The van der Waals surface area contributed by atoms with Crippen molar-refractivity contribution in [3.63, 3.8) is 0 Å². The molecular weight excluding hydrogens is 412 g/mol. The molecule has 168 valence electrons. The van der Waals surface area contributed by atoms with E-state index < -0.39 is 0 Å². The van der Waals surface area contributed by atoms with Crippen LogP contribution in [0.15, 0.2) is 72.4 Å². The number of nitrogens with one attached hydrogen (secondary N) is 1. The number of hydrogen-bond acceptors (Lipinski definition) is 4. The number of nitrogens with zero attached hydrogens (tertiary/aromatic N) is 1. The molecule has 1 aliphatic heterocycles.